The fourth-order valence-electron chi connectivity index (χ4n) is 3.06. The summed E-state index contributed by atoms with van der Waals surface area (Å²) in [5.41, 5.74) is -0.417. The molecule has 0 bridgehead atoms. The third-order valence-electron chi connectivity index (χ3n) is 4.34. The monoisotopic (exact) mass is 327 g/mol. The van der Waals surface area contributed by atoms with Crippen molar-refractivity contribution in [2.24, 2.45) is 0 Å². The van der Waals surface area contributed by atoms with Gasteiger partial charge in [-0.25, -0.2) is 4.79 Å². The topological polar surface area (TPSA) is 54.0 Å². The minimum atomic E-state index is -0.417. The number of hydrogen-bond acceptors (Lipinski definition) is 5. The molecule has 0 aromatic carbocycles. The summed E-state index contributed by atoms with van der Waals surface area (Å²) in [7, 11) is 0. The number of morpholine rings is 1. The van der Waals surface area contributed by atoms with E-state index in [1.807, 2.05) is 25.7 Å². The molecule has 1 atom stereocenters. The van der Waals surface area contributed by atoms with Crippen molar-refractivity contribution < 1.29 is 14.3 Å². The van der Waals surface area contributed by atoms with Gasteiger partial charge in [0.25, 0.3) is 0 Å². The predicted molar refractivity (Wildman–Crippen MR) is 90.7 cm³/mol. The maximum absolute atomic E-state index is 12.2. The molecule has 0 spiro atoms. The highest BCUT2D eigenvalue weighted by Gasteiger charge is 2.25. The van der Waals surface area contributed by atoms with Gasteiger partial charge in [-0.05, 0) is 40.0 Å². The van der Waals surface area contributed by atoms with E-state index in [0.717, 1.165) is 71.7 Å². The summed E-state index contributed by atoms with van der Waals surface area (Å²) >= 11 is 0. The van der Waals surface area contributed by atoms with E-state index in [1.54, 1.807) is 0 Å². The standard InChI is InChI=1S/C17H33N3O3/c1-17(2,3)23-16(21)20-8-4-5-15(6-9-20)18-7-10-19-11-13-22-14-12-19/h15,18H,4-14H2,1-3H3. The molecule has 0 radical (unpaired) electrons. The average Bonchev–Trinajstić information content (AvgIpc) is 2.72. The summed E-state index contributed by atoms with van der Waals surface area (Å²) in [6.07, 6.45) is 2.99. The number of nitrogens with one attached hydrogen (secondary N) is 1. The molecule has 2 aliphatic rings. The Morgan fingerprint density at radius 2 is 1.91 bits per heavy atom. The SMILES string of the molecule is CC(C)(C)OC(=O)N1CCCC(NCCN2CCOCC2)CC1. The van der Waals surface area contributed by atoms with Gasteiger partial charge < -0.3 is 19.7 Å². The Hall–Kier alpha value is -0.850. The van der Waals surface area contributed by atoms with E-state index in [0.29, 0.717) is 6.04 Å². The number of amides is 1. The van der Waals surface area contributed by atoms with Gasteiger partial charge in [-0.3, -0.25) is 4.90 Å². The molecule has 2 fully saturated rings. The summed E-state index contributed by atoms with van der Waals surface area (Å²) in [6, 6.07) is 0.503. The van der Waals surface area contributed by atoms with E-state index in [2.05, 4.69) is 10.2 Å². The lowest BCUT2D eigenvalue weighted by molar-refractivity contribution is 0.0256. The highest BCUT2D eigenvalue weighted by molar-refractivity contribution is 5.68. The molecule has 0 saturated carbocycles. The Morgan fingerprint density at radius 1 is 1.17 bits per heavy atom. The Labute approximate surface area is 140 Å². The van der Waals surface area contributed by atoms with Gasteiger partial charge in [0.1, 0.15) is 5.60 Å². The maximum Gasteiger partial charge on any atom is 0.410 e. The number of ether oxygens (including phenoxy) is 2. The second-order valence-electron chi connectivity index (χ2n) is 7.50. The van der Waals surface area contributed by atoms with Crippen LogP contribution in [0.1, 0.15) is 40.0 Å². The summed E-state index contributed by atoms with van der Waals surface area (Å²) in [6.45, 7) is 13.2. The van der Waals surface area contributed by atoms with Gasteiger partial charge in [0.05, 0.1) is 13.2 Å². The first-order valence-corrected chi connectivity index (χ1v) is 8.95. The number of hydrogen-bond donors (Lipinski definition) is 1. The lowest BCUT2D eigenvalue weighted by atomic mass is 10.1. The van der Waals surface area contributed by atoms with Crippen molar-refractivity contribution in [2.45, 2.75) is 51.7 Å². The summed E-state index contributed by atoms with van der Waals surface area (Å²) in [5, 5.41) is 3.66. The summed E-state index contributed by atoms with van der Waals surface area (Å²) in [4.78, 5) is 16.5. The molecule has 6 heteroatoms. The van der Waals surface area contributed by atoms with Crippen molar-refractivity contribution in [1.82, 2.24) is 15.1 Å². The zero-order valence-corrected chi connectivity index (χ0v) is 15.0. The van der Waals surface area contributed by atoms with Crippen LogP contribution < -0.4 is 5.32 Å². The molecule has 2 aliphatic heterocycles. The van der Waals surface area contributed by atoms with Crippen molar-refractivity contribution in [3.05, 3.63) is 0 Å². The first-order valence-electron chi connectivity index (χ1n) is 8.95. The normalized spacial score (nSPS) is 24.3. The molecule has 23 heavy (non-hydrogen) atoms. The Morgan fingerprint density at radius 3 is 2.61 bits per heavy atom. The van der Waals surface area contributed by atoms with Gasteiger partial charge >= 0.3 is 6.09 Å². The van der Waals surface area contributed by atoms with E-state index in [-0.39, 0.29) is 6.09 Å². The van der Waals surface area contributed by atoms with Gasteiger partial charge in [0.15, 0.2) is 0 Å². The van der Waals surface area contributed by atoms with E-state index in [1.165, 1.54) is 0 Å². The van der Waals surface area contributed by atoms with Crippen LogP contribution in [0, 0.1) is 0 Å². The van der Waals surface area contributed by atoms with Crippen molar-refractivity contribution in [2.75, 3.05) is 52.5 Å². The van der Waals surface area contributed by atoms with Crippen LogP contribution in [0.2, 0.25) is 0 Å². The molecule has 134 valence electrons. The number of carbonyl (C=O) groups excluding carboxylic acids is 1. The van der Waals surface area contributed by atoms with Crippen molar-refractivity contribution in [3.8, 4) is 0 Å². The average molecular weight is 327 g/mol. The molecule has 1 N–H and O–H groups in total. The highest BCUT2D eigenvalue weighted by Crippen LogP contribution is 2.15. The summed E-state index contributed by atoms with van der Waals surface area (Å²) in [5.74, 6) is 0. The Bertz CT molecular complexity index is 365. The van der Waals surface area contributed by atoms with Crippen molar-refractivity contribution in [3.63, 3.8) is 0 Å². The molecule has 0 aromatic rings. The quantitative estimate of drug-likeness (QED) is 0.852. The van der Waals surface area contributed by atoms with Crippen molar-refractivity contribution in [1.29, 1.82) is 0 Å². The number of carbonyl (C=O) groups is 1. The van der Waals surface area contributed by atoms with Crippen LogP contribution in [0.15, 0.2) is 0 Å². The molecule has 1 amide bonds. The minimum Gasteiger partial charge on any atom is -0.444 e. The lowest BCUT2D eigenvalue weighted by Crippen LogP contribution is -2.42. The van der Waals surface area contributed by atoms with Crippen LogP contribution in [0.25, 0.3) is 0 Å². The van der Waals surface area contributed by atoms with E-state index >= 15 is 0 Å². The smallest absolute Gasteiger partial charge is 0.410 e. The van der Waals surface area contributed by atoms with Gasteiger partial charge in [-0.2, -0.15) is 0 Å². The van der Waals surface area contributed by atoms with Crippen LogP contribution in [0.3, 0.4) is 0 Å². The van der Waals surface area contributed by atoms with Crippen molar-refractivity contribution >= 4 is 6.09 Å². The third kappa shape index (κ3) is 7.06. The molecule has 2 heterocycles. The zero-order chi connectivity index (χ0) is 16.7. The second-order valence-corrected chi connectivity index (χ2v) is 7.50. The van der Waals surface area contributed by atoms with Crippen LogP contribution >= 0.6 is 0 Å². The fraction of sp³-hybridized carbons (Fsp3) is 0.941. The lowest BCUT2D eigenvalue weighted by Gasteiger charge is -2.28. The molecular weight excluding hydrogens is 294 g/mol. The van der Waals surface area contributed by atoms with Gasteiger partial charge in [0.2, 0.25) is 0 Å². The highest BCUT2D eigenvalue weighted by atomic mass is 16.6. The van der Waals surface area contributed by atoms with Crippen LogP contribution in [-0.4, -0.2) is 80.0 Å². The van der Waals surface area contributed by atoms with Gasteiger partial charge in [-0.1, -0.05) is 0 Å². The Balaban J connectivity index is 1.66. The van der Waals surface area contributed by atoms with E-state index < -0.39 is 5.60 Å². The second kappa shape index (κ2) is 8.85. The molecular formula is C17H33N3O3. The molecule has 0 aliphatic carbocycles. The maximum atomic E-state index is 12.2. The molecule has 0 aromatic heterocycles. The fourth-order valence-corrected chi connectivity index (χ4v) is 3.06. The minimum absolute atomic E-state index is 0.175. The largest absolute Gasteiger partial charge is 0.444 e. The van der Waals surface area contributed by atoms with Crippen LogP contribution in [-0.2, 0) is 9.47 Å². The molecule has 2 rings (SSSR count). The number of likely N-dealkylation sites (tertiary alicyclic amines) is 1. The third-order valence-corrected chi connectivity index (χ3v) is 4.34. The Kier molecular flexibility index (Phi) is 7.11. The molecule has 1 unspecified atom stereocenters. The summed E-state index contributed by atoms with van der Waals surface area (Å²) < 4.78 is 10.8. The first kappa shape index (κ1) is 18.5. The van der Waals surface area contributed by atoms with Crippen LogP contribution in [0.4, 0.5) is 4.79 Å². The van der Waals surface area contributed by atoms with E-state index in [4.69, 9.17) is 9.47 Å². The van der Waals surface area contributed by atoms with E-state index in [9.17, 15) is 4.79 Å². The zero-order valence-electron chi connectivity index (χ0n) is 15.0. The molecule has 2 saturated heterocycles. The number of nitrogens with zero attached hydrogens (tertiary/aromatic N) is 2. The first-order chi connectivity index (χ1) is 10.9. The molecule has 6 nitrogen and oxygen atoms in total. The van der Waals surface area contributed by atoms with Crippen LogP contribution in [0.5, 0.6) is 0 Å². The predicted octanol–water partition coefficient (Wildman–Crippen LogP) is 1.70. The number of rotatable bonds is 4. The van der Waals surface area contributed by atoms with Gasteiger partial charge in [-0.15, -0.1) is 0 Å². The van der Waals surface area contributed by atoms with Gasteiger partial charge in [0, 0.05) is 45.3 Å².